The van der Waals surface area contributed by atoms with Crippen molar-refractivity contribution in [3.63, 3.8) is 0 Å². The predicted octanol–water partition coefficient (Wildman–Crippen LogP) is 2.60. The molecule has 14 heavy (non-hydrogen) atoms. The van der Waals surface area contributed by atoms with Crippen LogP contribution in [0.25, 0.3) is 0 Å². The summed E-state index contributed by atoms with van der Waals surface area (Å²) in [6.45, 7) is 8.18. The van der Waals surface area contributed by atoms with E-state index in [0.717, 1.165) is 12.7 Å². The van der Waals surface area contributed by atoms with Gasteiger partial charge >= 0.3 is 0 Å². The van der Waals surface area contributed by atoms with E-state index in [4.69, 9.17) is 0 Å². The van der Waals surface area contributed by atoms with Crippen LogP contribution in [0.5, 0.6) is 0 Å². The number of unbranched alkanes of at least 4 members (excludes halogenated alkanes) is 4. The van der Waals surface area contributed by atoms with Crippen LogP contribution in [-0.2, 0) is 0 Å². The van der Waals surface area contributed by atoms with Gasteiger partial charge in [-0.15, -0.1) is 0 Å². The molecule has 0 spiro atoms. The van der Waals surface area contributed by atoms with Crippen molar-refractivity contribution in [3.05, 3.63) is 0 Å². The lowest BCUT2D eigenvalue weighted by Crippen LogP contribution is -2.31. The molecule has 0 aliphatic carbocycles. The summed E-state index contributed by atoms with van der Waals surface area (Å²) < 4.78 is 0. The van der Waals surface area contributed by atoms with Crippen molar-refractivity contribution < 1.29 is 0 Å². The summed E-state index contributed by atoms with van der Waals surface area (Å²) in [5.74, 6) is 0. The highest BCUT2D eigenvalue weighted by Crippen LogP contribution is 2.11. The van der Waals surface area contributed by atoms with Crippen LogP contribution in [0.3, 0.4) is 0 Å². The zero-order chi connectivity index (χ0) is 10.2. The van der Waals surface area contributed by atoms with E-state index in [2.05, 4.69) is 24.1 Å². The van der Waals surface area contributed by atoms with Gasteiger partial charge in [-0.25, -0.2) is 0 Å². The van der Waals surface area contributed by atoms with Gasteiger partial charge in [-0.2, -0.15) is 0 Å². The molecule has 0 bridgehead atoms. The minimum atomic E-state index is 0.784. The van der Waals surface area contributed by atoms with E-state index >= 15 is 0 Å². The van der Waals surface area contributed by atoms with Gasteiger partial charge in [0.1, 0.15) is 0 Å². The molecular weight excluding hydrogens is 172 g/mol. The molecule has 0 amide bonds. The van der Waals surface area contributed by atoms with Gasteiger partial charge in [0.15, 0.2) is 0 Å². The lowest BCUT2D eigenvalue weighted by atomic mass is 10.1. The molecule has 0 aromatic heterocycles. The van der Waals surface area contributed by atoms with Gasteiger partial charge in [0.05, 0.1) is 0 Å². The van der Waals surface area contributed by atoms with E-state index in [1.807, 2.05) is 0 Å². The molecule has 0 saturated carbocycles. The molecule has 0 aromatic rings. The van der Waals surface area contributed by atoms with Crippen molar-refractivity contribution in [1.82, 2.24) is 10.2 Å². The third-order valence-corrected chi connectivity index (χ3v) is 3.24. The quantitative estimate of drug-likeness (QED) is 0.633. The van der Waals surface area contributed by atoms with Gasteiger partial charge in [-0.1, -0.05) is 39.0 Å². The van der Waals surface area contributed by atoms with Crippen LogP contribution in [0, 0.1) is 0 Å². The van der Waals surface area contributed by atoms with Gasteiger partial charge in [0.25, 0.3) is 0 Å². The van der Waals surface area contributed by atoms with Crippen LogP contribution in [-0.4, -0.2) is 30.7 Å². The van der Waals surface area contributed by atoms with Crippen LogP contribution >= 0.6 is 0 Å². The molecule has 2 nitrogen and oxygen atoms in total. The zero-order valence-electron chi connectivity index (χ0n) is 9.89. The fourth-order valence-corrected chi connectivity index (χ4v) is 2.13. The van der Waals surface area contributed by atoms with Crippen molar-refractivity contribution in [2.24, 2.45) is 0 Å². The highest BCUT2D eigenvalue weighted by Gasteiger charge is 2.16. The summed E-state index contributed by atoms with van der Waals surface area (Å²) in [5.41, 5.74) is 0. The number of nitrogens with zero attached hydrogens (tertiary/aromatic N) is 1. The molecule has 1 unspecified atom stereocenters. The van der Waals surface area contributed by atoms with Crippen molar-refractivity contribution >= 4 is 0 Å². The van der Waals surface area contributed by atoms with Gasteiger partial charge < -0.3 is 5.32 Å². The molecule has 0 aromatic carbocycles. The van der Waals surface area contributed by atoms with Gasteiger partial charge in [-0.3, -0.25) is 4.90 Å². The van der Waals surface area contributed by atoms with Crippen LogP contribution < -0.4 is 5.32 Å². The zero-order valence-corrected chi connectivity index (χ0v) is 9.89. The SMILES string of the molecule is CCCCCCCC(C)N1CCNC1. The van der Waals surface area contributed by atoms with E-state index in [9.17, 15) is 0 Å². The van der Waals surface area contributed by atoms with Crippen molar-refractivity contribution in [2.45, 2.75) is 58.4 Å². The average molecular weight is 198 g/mol. The first kappa shape index (κ1) is 12.0. The first-order chi connectivity index (χ1) is 6.84. The maximum Gasteiger partial charge on any atom is 0.0484 e. The molecule has 1 atom stereocenters. The molecule has 1 heterocycles. The summed E-state index contributed by atoms with van der Waals surface area (Å²) in [5, 5.41) is 3.39. The summed E-state index contributed by atoms with van der Waals surface area (Å²) in [4.78, 5) is 2.56. The molecule has 1 aliphatic rings. The second-order valence-corrected chi connectivity index (χ2v) is 4.52. The van der Waals surface area contributed by atoms with E-state index in [1.54, 1.807) is 0 Å². The number of hydrogen-bond acceptors (Lipinski definition) is 2. The maximum atomic E-state index is 3.39. The second kappa shape index (κ2) is 7.24. The van der Waals surface area contributed by atoms with E-state index < -0.39 is 0 Å². The Hall–Kier alpha value is -0.0800. The smallest absolute Gasteiger partial charge is 0.0484 e. The fourth-order valence-electron chi connectivity index (χ4n) is 2.13. The third-order valence-electron chi connectivity index (χ3n) is 3.24. The first-order valence-corrected chi connectivity index (χ1v) is 6.29. The summed E-state index contributed by atoms with van der Waals surface area (Å²) in [7, 11) is 0. The second-order valence-electron chi connectivity index (χ2n) is 4.52. The molecule has 84 valence electrons. The number of nitrogens with one attached hydrogen (secondary N) is 1. The average Bonchev–Trinajstić information content (AvgIpc) is 2.70. The maximum absolute atomic E-state index is 3.39. The van der Waals surface area contributed by atoms with Crippen LogP contribution in [0.4, 0.5) is 0 Å². The lowest BCUT2D eigenvalue weighted by molar-refractivity contribution is 0.239. The standard InChI is InChI=1S/C12H26N2/c1-3-4-5-6-7-8-12(2)14-10-9-13-11-14/h12-13H,3-11H2,1-2H3. The number of rotatable bonds is 7. The topological polar surface area (TPSA) is 15.3 Å². The Balaban J connectivity index is 1.94. The minimum Gasteiger partial charge on any atom is -0.303 e. The normalized spacial score (nSPS) is 20.1. The Morgan fingerprint density at radius 1 is 1.21 bits per heavy atom. The van der Waals surface area contributed by atoms with E-state index in [-0.39, 0.29) is 0 Å². The minimum absolute atomic E-state index is 0.784. The first-order valence-electron chi connectivity index (χ1n) is 6.29. The molecular formula is C12H26N2. The highest BCUT2D eigenvalue weighted by atomic mass is 15.3. The van der Waals surface area contributed by atoms with Crippen LogP contribution in [0.1, 0.15) is 52.4 Å². The Bertz CT molecular complexity index is 130. The Morgan fingerprint density at radius 2 is 2.00 bits per heavy atom. The van der Waals surface area contributed by atoms with Gasteiger partial charge in [0.2, 0.25) is 0 Å². The van der Waals surface area contributed by atoms with Crippen molar-refractivity contribution in [3.8, 4) is 0 Å². The molecule has 2 heteroatoms. The monoisotopic (exact) mass is 198 g/mol. The predicted molar refractivity (Wildman–Crippen MR) is 62.4 cm³/mol. The summed E-state index contributed by atoms with van der Waals surface area (Å²) >= 11 is 0. The molecule has 1 N–H and O–H groups in total. The summed E-state index contributed by atoms with van der Waals surface area (Å²) in [6, 6.07) is 0.784. The van der Waals surface area contributed by atoms with Gasteiger partial charge in [0, 0.05) is 25.8 Å². The fraction of sp³-hybridized carbons (Fsp3) is 1.00. The summed E-state index contributed by atoms with van der Waals surface area (Å²) in [6.07, 6.45) is 8.43. The van der Waals surface area contributed by atoms with Crippen LogP contribution in [0.15, 0.2) is 0 Å². The Kier molecular flexibility index (Phi) is 6.20. The van der Waals surface area contributed by atoms with Crippen LogP contribution in [0.2, 0.25) is 0 Å². The highest BCUT2D eigenvalue weighted by molar-refractivity contribution is 4.72. The Labute approximate surface area is 89.1 Å². The van der Waals surface area contributed by atoms with E-state index in [0.29, 0.717) is 0 Å². The van der Waals surface area contributed by atoms with E-state index in [1.165, 1.54) is 51.6 Å². The number of hydrogen-bond donors (Lipinski definition) is 1. The van der Waals surface area contributed by atoms with Crippen molar-refractivity contribution in [1.29, 1.82) is 0 Å². The lowest BCUT2D eigenvalue weighted by Gasteiger charge is -2.22. The molecule has 0 radical (unpaired) electrons. The molecule has 1 saturated heterocycles. The molecule has 1 rings (SSSR count). The third kappa shape index (κ3) is 4.43. The largest absolute Gasteiger partial charge is 0.303 e. The Morgan fingerprint density at radius 3 is 2.64 bits per heavy atom. The van der Waals surface area contributed by atoms with Gasteiger partial charge in [-0.05, 0) is 13.3 Å². The molecule has 1 fully saturated rings. The molecule has 1 aliphatic heterocycles. The van der Waals surface area contributed by atoms with Crippen molar-refractivity contribution in [2.75, 3.05) is 19.8 Å².